The van der Waals surface area contributed by atoms with Crippen molar-refractivity contribution in [2.24, 2.45) is 0 Å². The Morgan fingerprint density at radius 3 is 2.53 bits per heavy atom. The molecule has 8 heteroatoms. The molecule has 0 N–H and O–H groups in total. The fourth-order valence-corrected chi connectivity index (χ4v) is 4.73. The zero-order chi connectivity index (χ0) is 21.1. The van der Waals surface area contributed by atoms with Crippen molar-refractivity contribution in [3.63, 3.8) is 0 Å². The zero-order valence-electron chi connectivity index (χ0n) is 16.1. The van der Waals surface area contributed by atoms with Gasteiger partial charge >= 0.3 is 0 Å². The molecule has 0 saturated carbocycles. The minimum Gasteiger partial charge on any atom is -0.455 e. The quantitative estimate of drug-likeness (QED) is 0.585. The summed E-state index contributed by atoms with van der Waals surface area (Å²) >= 11 is 5.95. The van der Waals surface area contributed by atoms with Crippen LogP contribution in [-0.2, 0) is 16.6 Å². The summed E-state index contributed by atoms with van der Waals surface area (Å²) in [5, 5.41) is 0.519. The van der Waals surface area contributed by atoms with Crippen molar-refractivity contribution >= 4 is 34.0 Å². The van der Waals surface area contributed by atoms with Gasteiger partial charge in [0.15, 0.2) is 5.76 Å². The Labute approximate surface area is 181 Å². The van der Waals surface area contributed by atoms with E-state index in [1.54, 1.807) is 59.5 Å². The van der Waals surface area contributed by atoms with Crippen LogP contribution in [0.5, 0.6) is 0 Å². The summed E-state index contributed by atoms with van der Waals surface area (Å²) < 4.78 is 32.1. The molecule has 1 aliphatic rings. The second-order valence-corrected chi connectivity index (χ2v) is 8.83. The molecule has 3 aromatic rings. The van der Waals surface area contributed by atoms with E-state index in [0.717, 1.165) is 0 Å². The molecule has 2 aromatic carbocycles. The number of anilines is 1. The Bertz CT molecular complexity index is 1080. The van der Waals surface area contributed by atoms with Gasteiger partial charge in [0.2, 0.25) is 0 Å². The first kappa shape index (κ1) is 20.6. The molecular weight excluding hydrogens is 427 g/mol. The van der Waals surface area contributed by atoms with Gasteiger partial charge in [-0.3, -0.25) is 9.00 Å². The van der Waals surface area contributed by atoms with Gasteiger partial charge in [-0.1, -0.05) is 29.8 Å². The van der Waals surface area contributed by atoms with E-state index in [9.17, 15) is 13.4 Å². The maximum atomic E-state index is 14.0. The lowest BCUT2D eigenvalue weighted by molar-refractivity contribution is 0.0713. The van der Waals surface area contributed by atoms with Crippen molar-refractivity contribution in [1.82, 2.24) is 4.90 Å². The third-order valence-electron chi connectivity index (χ3n) is 4.96. The summed E-state index contributed by atoms with van der Waals surface area (Å²) in [4.78, 5) is 17.0. The number of piperazine rings is 1. The van der Waals surface area contributed by atoms with Crippen LogP contribution in [0.2, 0.25) is 5.02 Å². The average Bonchev–Trinajstić information content (AvgIpc) is 3.22. The van der Waals surface area contributed by atoms with Crippen molar-refractivity contribution in [3.8, 4) is 0 Å². The molecule has 4 rings (SSSR count). The average molecular weight is 447 g/mol. The molecule has 1 amide bonds. The van der Waals surface area contributed by atoms with E-state index in [0.29, 0.717) is 47.5 Å². The number of para-hydroxylation sites is 1. The topological polar surface area (TPSA) is 53.8 Å². The number of benzene rings is 2. The summed E-state index contributed by atoms with van der Waals surface area (Å²) in [5.41, 5.74) is 0.549. The molecule has 30 heavy (non-hydrogen) atoms. The van der Waals surface area contributed by atoms with Crippen molar-refractivity contribution < 1.29 is 17.8 Å². The number of halogens is 2. The van der Waals surface area contributed by atoms with Crippen molar-refractivity contribution in [1.29, 1.82) is 0 Å². The largest absolute Gasteiger partial charge is 0.455 e. The lowest BCUT2D eigenvalue weighted by atomic mass is 10.2. The maximum Gasteiger partial charge on any atom is 0.289 e. The van der Waals surface area contributed by atoms with Crippen LogP contribution in [0.1, 0.15) is 16.3 Å². The molecule has 1 aromatic heterocycles. The Morgan fingerprint density at radius 1 is 1.03 bits per heavy atom. The number of amides is 1. The number of carbonyl (C=O) groups is 1. The van der Waals surface area contributed by atoms with Gasteiger partial charge in [-0.25, -0.2) is 4.39 Å². The van der Waals surface area contributed by atoms with E-state index in [1.807, 2.05) is 4.90 Å². The Morgan fingerprint density at radius 2 is 1.80 bits per heavy atom. The van der Waals surface area contributed by atoms with E-state index in [1.165, 1.54) is 6.07 Å². The predicted molar refractivity (Wildman–Crippen MR) is 115 cm³/mol. The minimum absolute atomic E-state index is 0.161. The molecule has 0 spiro atoms. The maximum absolute atomic E-state index is 14.0. The fourth-order valence-electron chi connectivity index (χ4n) is 3.41. The van der Waals surface area contributed by atoms with E-state index in [-0.39, 0.29) is 23.2 Å². The van der Waals surface area contributed by atoms with E-state index < -0.39 is 10.8 Å². The number of hydrogen-bond acceptors (Lipinski definition) is 4. The van der Waals surface area contributed by atoms with E-state index >= 15 is 0 Å². The molecule has 0 unspecified atom stereocenters. The summed E-state index contributed by atoms with van der Waals surface area (Å²) in [6.45, 7) is 2.02. The minimum atomic E-state index is -1.32. The normalized spacial score (nSPS) is 15.3. The van der Waals surface area contributed by atoms with E-state index in [4.69, 9.17) is 16.0 Å². The standard InChI is InChI=1S/C22H20ClFN2O3S/c23-16-4-3-5-18(14-16)30(28)15-17-8-9-21(29-17)22(27)26-12-10-25(11-13-26)20-7-2-1-6-19(20)24/h1-9,14H,10-13,15H2/t30-/m1/s1. The van der Waals surface area contributed by atoms with Crippen LogP contribution in [0, 0.1) is 5.82 Å². The molecule has 0 bridgehead atoms. The van der Waals surface area contributed by atoms with Crippen LogP contribution in [0.25, 0.3) is 0 Å². The second kappa shape index (κ2) is 9.02. The molecule has 1 aliphatic heterocycles. The van der Waals surface area contributed by atoms with Gasteiger partial charge in [-0.2, -0.15) is 0 Å². The summed E-state index contributed by atoms with van der Waals surface area (Å²) in [7, 11) is -1.32. The predicted octanol–water partition coefficient (Wildman–Crippen LogP) is 4.34. The Balaban J connectivity index is 1.36. The molecule has 1 fully saturated rings. The van der Waals surface area contributed by atoms with Gasteiger partial charge in [0.05, 0.1) is 22.2 Å². The molecule has 156 valence electrons. The summed E-state index contributed by atoms with van der Waals surface area (Å²) in [6, 6.07) is 16.8. The highest BCUT2D eigenvalue weighted by atomic mass is 35.5. The number of rotatable bonds is 5. The van der Waals surface area contributed by atoms with Gasteiger partial charge in [0.25, 0.3) is 5.91 Å². The molecule has 2 heterocycles. The summed E-state index contributed by atoms with van der Waals surface area (Å²) in [5.74, 6) is 0.368. The molecule has 5 nitrogen and oxygen atoms in total. The van der Waals surface area contributed by atoms with E-state index in [2.05, 4.69) is 0 Å². The van der Waals surface area contributed by atoms with Gasteiger partial charge < -0.3 is 14.2 Å². The SMILES string of the molecule is O=C(c1ccc(C[S@@](=O)c2cccc(Cl)c2)o1)N1CCN(c2ccccc2F)CC1. The number of carbonyl (C=O) groups excluding carboxylic acids is 1. The Kier molecular flexibility index (Phi) is 6.20. The zero-order valence-corrected chi connectivity index (χ0v) is 17.7. The van der Waals surface area contributed by atoms with Gasteiger partial charge in [0, 0.05) is 36.1 Å². The third kappa shape index (κ3) is 4.57. The fraction of sp³-hybridized carbons (Fsp3) is 0.227. The Hall–Kier alpha value is -2.64. The third-order valence-corrected chi connectivity index (χ3v) is 6.53. The summed E-state index contributed by atoms with van der Waals surface area (Å²) in [6.07, 6.45) is 0. The number of hydrogen-bond donors (Lipinski definition) is 0. The second-order valence-electron chi connectivity index (χ2n) is 6.94. The first-order valence-corrected chi connectivity index (χ1v) is 11.2. The number of nitrogens with zero attached hydrogens (tertiary/aromatic N) is 2. The van der Waals surface area contributed by atoms with Crippen LogP contribution in [-0.4, -0.2) is 41.2 Å². The van der Waals surface area contributed by atoms with Crippen LogP contribution in [0.3, 0.4) is 0 Å². The highest BCUT2D eigenvalue weighted by Gasteiger charge is 2.25. The van der Waals surface area contributed by atoms with Crippen molar-refractivity contribution in [3.05, 3.63) is 83.0 Å². The lowest BCUT2D eigenvalue weighted by Crippen LogP contribution is -2.49. The highest BCUT2D eigenvalue weighted by molar-refractivity contribution is 7.84. The van der Waals surface area contributed by atoms with Gasteiger partial charge in [-0.15, -0.1) is 0 Å². The molecule has 1 saturated heterocycles. The van der Waals surface area contributed by atoms with Crippen LogP contribution < -0.4 is 4.90 Å². The van der Waals surface area contributed by atoms with Crippen LogP contribution >= 0.6 is 11.6 Å². The first-order valence-electron chi connectivity index (χ1n) is 9.52. The van der Waals surface area contributed by atoms with Gasteiger partial charge in [-0.05, 0) is 42.5 Å². The number of furan rings is 1. The van der Waals surface area contributed by atoms with Crippen molar-refractivity contribution in [2.45, 2.75) is 10.6 Å². The molecular formula is C22H20ClFN2O3S. The first-order chi connectivity index (χ1) is 14.5. The smallest absolute Gasteiger partial charge is 0.289 e. The lowest BCUT2D eigenvalue weighted by Gasteiger charge is -2.35. The van der Waals surface area contributed by atoms with Crippen molar-refractivity contribution in [2.75, 3.05) is 31.1 Å². The monoisotopic (exact) mass is 446 g/mol. The molecule has 0 radical (unpaired) electrons. The van der Waals surface area contributed by atoms with Gasteiger partial charge in [0.1, 0.15) is 11.6 Å². The van der Waals surface area contributed by atoms with Crippen LogP contribution in [0.15, 0.2) is 70.0 Å². The van der Waals surface area contributed by atoms with Crippen LogP contribution in [0.4, 0.5) is 10.1 Å². The molecule has 1 atom stereocenters. The highest BCUT2D eigenvalue weighted by Crippen LogP contribution is 2.22. The molecule has 0 aliphatic carbocycles.